The van der Waals surface area contributed by atoms with Crippen LogP contribution in [-0.4, -0.2) is 34.5 Å². The maximum atomic E-state index is 13.2. The van der Waals surface area contributed by atoms with Crippen LogP contribution in [0.4, 0.5) is 13.2 Å². The molecule has 5 nitrogen and oxygen atoms in total. The summed E-state index contributed by atoms with van der Waals surface area (Å²) in [5.41, 5.74) is 1.63. The highest BCUT2D eigenvalue weighted by atomic mass is 35.5. The maximum Gasteiger partial charge on any atom is 0.417 e. The first-order valence-corrected chi connectivity index (χ1v) is 11.6. The van der Waals surface area contributed by atoms with E-state index in [-0.39, 0.29) is 27.8 Å². The number of pyridine rings is 1. The number of ether oxygens (including phenoxy) is 1. The molecule has 10 heteroatoms. The summed E-state index contributed by atoms with van der Waals surface area (Å²) >= 11 is 6.96. The fourth-order valence-corrected chi connectivity index (χ4v) is 4.56. The average Bonchev–Trinajstić information content (AvgIpc) is 3.29. The number of nitrogens with zero attached hydrogens (tertiary/aromatic N) is 3. The molecule has 1 aromatic heterocycles. The van der Waals surface area contributed by atoms with Crippen LogP contribution in [0.15, 0.2) is 77.0 Å². The van der Waals surface area contributed by atoms with Crippen LogP contribution >= 0.6 is 23.4 Å². The van der Waals surface area contributed by atoms with Gasteiger partial charge in [0.25, 0.3) is 5.91 Å². The summed E-state index contributed by atoms with van der Waals surface area (Å²) in [7, 11) is 1.58. The van der Waals surface area contributed by atoms with E-state index in [1.807, 2.05) is 54.6 Å². The fraction of sp³-hybridized carbons (Fsp3) is 0.208. The van der Waals surface area contributed by atoms with Crippen molar-refractivity contribution in [2.24, 2.45) is 5.10 Å². The van der Waals surface area contributed by atoms with Gasteiger partial charge in [-0.05, 0) is 29.3 Å². The van der Waals surface area contributed by atoms with Gasteiger partial charge in [-0.1, -0.05) is 65.8 Å². The van der Waals surface area contributed by atoms with Crippen molar-refractivity contribution in [3.8, 4) is 5.75 Å². The smallest absolute Gasteiger partial charge is 0.417 e. The van der Waals surface area contributed by atoms with Crippen LogP contribution in [0.1, 0.15) is 29.2 Å². The van der Waals surface area contributed by atoms with Crippen LogP contribution in [0.2, 0.25) is 5.02 Å². The predicted molar refractivity (Wildman–Crippen MR) is 125 cm³/mol. The Hall–Kier alpha value is -3.04. The van der Waals surface area contributed by atoms with E-state index in [1.54, 1.807) is 7.11 Å². The molecule has 1 aliphatic heterocycles. The van der Waals surface area contributed by atoms with Gasteiger partial charge in [0.1, 0.15) is 10.8 Å². The third-order valence-electron chi connectivity index (χ3n) is 5.24. The van der Waals surface area contributed by atoms with Gasteiger partial charge in [0.05, 0.1) is 35.2 Å². The van der Waals surface area contributed by atoms with E-state index in [0.717, 1.165) is 34.7 Å². The Morgan fingerprint density at radius 2 is 1.88 bits per heavy atom. The number of amides is 1. The summed E-state index contributed by atoms with van der Waals surface area (Å²) in [6.45, 7) is 0. The number of halogens is 4. The highest BCUT2D eigenvalue weighted by molar-refractivity contribution is 8.00. The first-order chi connectivity index (χ1) is 16.3. The molecule has 4 rings (SSSR count). The lowest BCUT2D eigenvalue weighted by Crippen LogP contribution is -2.28. The van der Waals surface area contributed by atoms with E-state index in [9.17, 15) is 18.0 Å². The molecule has 0 radical (unpaired) electrons. The van der Waals surface area contributed by atoms with E-state index in [4.69, 9.17) is 16.3 Å². The number of rotatable bonds is 6. The highest BCUT2D eigenvalue weighted by Crippen LogP contribution is 2.36. The largest absolute Gasteiger partial charge is 0.497 e. The molecule has 1 aliphatic rings. The van der Waals surface area contributed by atoms with Crippen molar-refractivity contribution < 1.29 is 22.7 Å². The van der Waals surface area contributed by atoms with Crippen LogP contribution in [0.5, 0.6) is 5.75 Å². The molecule has 0 unspecified atom stereocenters. The Labute approximate surface area is 203 Å². The minimum atomic E-state index is -4.54. The lowest BCUT2D eigenvalue weighted by atomic mass is 9.98. The van der Waals surface area contributed by atoms with E-state index < -0.39 is 11.7 Å². The third kappa shape index (κ3) is 5.37. The van der Waals surface area contributed by atoms with Crippen LogP contribution in [0.25, 0.3) is 0 Å². The van der Waals surface area contributed by atoms with Crippen molar-refractivity contribution in [3.63, 3.8) is 0 Å². The van der Waals surface area contributed by atoms with Gasteiger partial charge in [0.15, 0.2) is 0 Å². The minimum absolute atomic E-state index is 0.0870. The van der Waals surface area contributed by atoms with Gasteiger partial charge in [-0.3, -0.25) is 4.79 Å². The second kappa shape index (κ2) is 10.1. The number of hydrazone groups is 1. The standard InChI is InChI=1S/C24H19ClF3N3O2S/c1-33-18-9-7-16(8-10-18)21-12-20(15-5-3-2-4-6-15)30-31(21)22(32)14-34-23-19(25)11-17(13-29-23)24(26,27)28/h2-11,13,21H,12,14H2,1H3/t21-/m0/s1. The van der Waals surface area contributed by atoms with Gasteiger partial charge < -0.3 is 4.74 Å². The topological polar surface area (TPSA) is 54.8 Å². The van der Waals surface area contributed by atoms with Gasteiger partial charge >= 0.3 is 6.18 Å². The molecular formula is C24H19ClF3N3O2S. The van der Waals surface area contributed by atoms with Gasteiger partial charge in [0.2, 0.25) is 0 Å². The van der Waals surface area contributed by atoms with E-state index in [2.05, 4.69) is 10.1 Å². The molecule has 0 aliphatic carbocycles. The molecule has 0 spiro atoms. The zero-order valence-electron chi connectivity index (χ0n) is 17.9. The van der Waals surface area contributed by atoms with Gasteiger partial charge in [-0.25, -0.2) is 9.99 Å². The van der Waals surface area contributed by atoms with Gasteiger partial charge in [-0.2, -0.15) is 18.3 Å². The van der Waals surface area contributed by atoms with E-state index in [0.29, 0.717) is 18.4 Å². The number of methoxy groups -OCH3 is 1. The van der Waals surface area contributed by atoms with Crippen LogP contribution in [0, 0.1) is 0 Å². The quantitative estimate of drug-likeness (QED) is 0.372. The summed E-state index contributed by atoms with van der Waals surface area (Å²) in [5, 5.41) is 6.01. The lowest BCUT2D eigenvalue weighted by Gasteiger charge is -2.22. The molecule has 0 saturated heterocycles. The van der Waals surface area contributed by atoms with Crippen molar-refractivity contribution in [1.82, 2.24) is 9.99 Å². The number of thioether (sulfide) groups is 1. The van der Waals surface area contributed by atoms with Crippen molar-refractivity contribution in [3.05, 3.63) is 88.6 Å². The predicted octanol–water partition coefficient (Wildman–Crippen LogP) is 6.23. The average molecular weight is 506 g/mol. The monoisotopic (exact) mass is 505 g/mol. The zero-order chi connectivity index (χ0) is 24.3. The molecule has 0 saturated carbocycles. The second-order valence-electron chi connectivity index (χ2n) is 7.44. The van der Waals surface area contributed by atoms with Gasteiger partial charge in [-0.15, -0.1) is 0 Å². The number of alkyl halides is 3. The molecule has 0 bridgehead atoms. The number of hydrogen-bond donors (Lipinski definition) is 0. The normalized spacial score (nSPS) is 15.9. The zero-order valence-corrected chi connectivity index (χ0v) is 19.5. The van der Waals surface area contributed by atoms with Crippen molar-refractivity contribution in [1.29, 1.82) is 0 Å². The number of benzene rings is 2. The van der Waals surface area contributed by atoms with Gasteiger partial charge in [0, 0.05) is 12.6 Å². The molecule has 0 fully saturated rings. The van der Waals surface area contributed by atoms with Crippen molar-refractivity contribution >= 4 is 35.0 Å². The number of carbonyl (C=O) groups is 1. The Bertz CT molecular complexity index is 1200. The molecule has 2 heterocycles. The Morgan fingerprint density at radius 3 is 2.50 bits per heavy atom. The number of hydrogen-bond acceptors (Lipinski definition) is 5. The SMILES string of the molecule is COc1ccc([C@@H]2CC(c3ccccc3)=NN2C(=O)CSc2ncc(C(F)(F)F)cc2Cl)cc1. The maximum absolute atomic E-state index is 13.2. The van der Waals surface area contributed by atoms with E-state index in [1.165, 1.54) is 5.01 Å². The molecular weight excluding hydrogens is 487 g/mol. The Morgan fingerprint density at radius 1 is 1.18 bits per heavy atom. The molecule has 0 N–H and O–H groups in total. The first kappa shape index (κ1) is 24.1. The molecule has 1 atom stereocenters. The summed E-state index contributed by atoms with van der Waals surface area (Å²) in [6.07, 6.45) is -3.31. The lowest BCUT2D eigenvalue weighted by molar-refractivity contribution is -0.138. The van der Waals surface area contributed by atoms with Crippen LogP contribution < -0.4 is 4.74 Å². The summed E-state index contributed by atoms with van der Waals surface area (Å²) in [6, 6.07) is 17.4. The molecule has 1 amide bonds. The fourth-order valence-electron chi connectivity index (χ4n) is 3.51. The highest BCUT2D eigenvalue weighted by Gasteiger charge is 2.34. The van der Waals surface area contributed by atoms with Crippen molar-refractivity contribution in [2.75, 3.05) is 12.9 Å². The third-order valence-corrected chi connectivity index (χ3v) is 6.63. The molecule has 3 aromatic rings. The van der Waals surface area contributed by atoms with Crippen LogP contribution in [0.3, 0.4) is 0 Å². The molecule has 34 heavy (non-hydrogen) atoms. The Balaban J connectivity index is 1.55. The summed E-state index contributed by atoms with van der Waals surface area (Å²) in [5.74, 6) is 0.299. The molecule has 176 valence electrons. The van der Waals surface area contributed by atoms with Crippen LogP contribution in [-0.2, 0) is 11.0 Å². The van der Waals surface area contributed by atoms with E-state index >= 15 is 0 Å². The van der Waals surface area contributed by atoms with Crippen molar-refractivity contribution in [2.45, 2.75) is 23.7 Å². The first-order valence-electron chi connectivity index (χ1n) is 10.2. The Kier molecular flexibility index (Phi) is 7.13. The minimum Gasteiger partial charge on any atom is -0.497 e. The number of aromatic nitrogens is 1. The molecule has 2 aromatic carbocycles. The second-order valence-corrected chi connectivity index (χ2v) is 8.81. The summed E-state index contributed by atoms with van der Waals surface area (Å²) in [4.78, 5) is 17.0. The summed E-state index contributed by atoms with van der Waals surface area (Å²) < 4.78 is 43.8. The number of carbonyl (C=O) groups excluding carboxylic acids is 1.